The first-order chi connectivity index (χ1) is 9.60. The molecule has 0 bridgehead atoms. The van der Waals surface area contributed by atoms with E-state index in [0.29, 0.717) is 11.4 Å². The van der Waals surface area contributed by atoms with Gasteiger partial charge in [0.05, 0.1) is 0 Å². The highest BCUT2D eigenvalue weighted by Crippen LogP contribution is 2.18. The van der Waals surface area contributed by atoms with Crippen molar-refractivity contribution in [2.45, 2.75) is 6.54 Å². The van der Waals surface area contributed by atoms with Crippen LogP contribution in [0.5, 0.6) is 0 Å². The number of anilines is 2. The van der Waals surface area contributed by atoms with Crippen LogP contribution in [-0.2, 0) is 6.54 Å². The van der Waals surface area contributed by atoms with Crippen molar-refractivity contribution in [1.82, 2.24) is 0 Å². The molecule has 0 unspecified atom stereocenters. The monoisotopic (exact) mass is 277 g/mol. The molecule has 0 aliphatic rings. The molecule has 20 heavy (non-hydrogen) atoms. The molecule has 6 heteroatoms. The van der Waals surface area contributed by atoms with Crippen LogP contribution in [0, 0.1) is 11.6 Å². The Labute approximate surface area is 114 Å². The summed E-state index contributed by atoms with van der Waals surface area (Å²) < 4.78 is 26.2. The molecule has 0 fully saturated rings. The number of amides is 2. The van der Waals surface area contributed by atoms with Gasteiger partial charge >= 0.3 is 6.03 Å². The van der Waals surface area contributed by atoms with Gasteiger partial charge in [-0.05, 0) is 36.4 Å². The lowest BCUT2D eigenvalue weighted by molar-refractivity contribution is 0.262. The molecular weight excluding hydrogens is 264 g/mol. The molecule has 104 valence electrons. The number of hydrogen-bond acceptors (Lipinski definition) is 2. The predicted molar refractivity (Wildman–Crippen MR) is 73.3 cm³/mol. The lowest BCUT2D eigenvalue weighted by Gasteiger charge is -2.11. The minimum Gasteiger partial charge on any atom is -0.326 e. The summed E-state index contributed by atoms with van der Waals surface area (Å²) in [6, 6.07) is 9.03. The van der Waals surface area contributed by atoms with Gasteiger partial charge in [0.1, 0.15) is 11.6 Å². The van der Waals surface area contributed by atoms with E-state index in [-0.39, 0.29) is 12.1 Å². The van der Waals surface area contributed by atoms with Crippen LogP contribution in [0.1, 0.15) is 5.56 Å². The molecule has 2 aromatic rings. The summed E-state index contributed by atoms with van der Waals surface area (Å²) in [6.45, 7) is -0.0289. The molecule has 0 aliphatic heterocycles. The molecule has 0 spiro atoms. The maximum atomic E-state index is 13.5. The van der Waals surface area contributed by atoms with E-state index in [9.17, 15) is 13.6 Å². The van der Waals surface area contributed by atoms with E-state index in [4.69, 9.17) is 5.73 Å². The second-order valence-electron chi connectivity index (χ2n) is 4.06. The van der Waals surface area contributed by atoms with Crippen molar-refractivity contribution < 1.29 is 13.6 Å². The van der Waals surface area contributed by atoms with Crippen LogP contribution >= 0.6 is 0 Å². The first-order valence-electron chi connectivity index (χ1n) is 5.91. The Morgan fingerprint density at radius 2 is 1.75 bits per heavy atom. The van der Waals surface area contributed by atoms with Crippen molar-refractivity contribution >= 4 is 17.4 Å². The van der Waals surface area contributed by atoms with Gasteiger partial charge < -0.3 is 16.4 Å². The zero-order valence-corrected chi connectivity index (χ0v) is 10.5. The summed E-state index contributed by atoms with van der Waals surface area (Å²) in [5, 5.41) is 5.01. The number of carbonyl (C=O) groups is 1. The third kappa shape index (κ3) is 3.30. The molecule has 0 heterocycles. The Bertz CT molecular complexity index is 614. The van der Waals surface area contributed by atoms with E-state index < -0.39 is 17.7 Å². The Morgan fingerprint density at radius 3 is 2.40 bits per heavy atom. The molecule has 0 aromatic heterocycles. The summed E-state index contributed by atoms with van der Waals surface area (Å²) in [5.74, 6) is -0.876. The van der Waals surface area contributed by atoms with Gasteiger partial charge in [0.2, 0.25) is 0 Å². The Balaban J connectivity index is 2.08. The van der Waals surface area contributed by atoms with Crippen molar-refractivity contribution in [3.05, 3.63) is 59.7 Å². The lowest BCUT2D eigenvalue weighted by Crippen LogP contribution is -2.21. The Kier molecular flexibility index (Phi) is 4.27. The molecule has 4 nitrogen and oxygen atoms in total. The van der Waals surface area contributed by atoms with E-state index in [1.807, 2.05) is 0 Å². The molecule has 2 aromatic carbocycles. The Hall–Kier alpha value is -2.47. The molecule has 0 atom stereocenters. The Morgan fingerprint density at radius 1 is 1.05 bits per heavy atom. The summed E-state index contributed by atoms with van der Waals surface area (Å²) in [7, 11) is 0. The minimum absolute atomic E-state index is 0.0289. The second kappa shape index (κ2) is 6.12. The molecule has 2 amide bonds. The fourth-order valence-electron chi connectivity index (χ4n) is 1.70. The van der Waals surface area contributed by atoms with Crippen LogP contribution in [0.25, 0.3) is 0 Å². The van der Waals surface area contributed by atoms with Gasteiger partial charge in [-0.2, -0.15) is 0 Å². The molecule has 0 saturated carbocycles. The second-order valence-corrected chi connectivity index (χ2v) is 4.06. The topological polar surface area (TPSA) is 67.1 Å². The van der Waals surface area contributed by atoms with Crippen LogP contribution in [0.4, 0.5) is 25.0 Å². The summed E-state index contributed by atoms with van der Waals surface area (Å²) >= 11 is 0. The highest BCUT2D eigenvalue weighted by atomic mass is 19.1. The van der Waals surface area contributed by atoms with Crippen LogP contribution in [0.15, 0.2) is 42.5 Å². The fourth-order valence-corrected chi connectivity index (χ4v) is 1.70. The van der Waals surface area contributed by atoms with Gasteiger partial charge in [-0.3, -0.25) is 0 Å². The molecule has 2 rings (SSSR count). The minimum atomic E-state index is -0.558. The van der Waals surface area contributed by atoms with Gasteiger partial charge in [0.15, 0.2) is 0 Å². The van der Waals surface area contributed by atoms with Gasteiger partial charge in [-0.15, -0.1) is 0 Å². The summed E-state index contributed by atoms with van der Waals surface area (Å²) in [5.41, 5.74) is 6.39. The van der Waals surface area contributed by atoms with Crippen molar-refractivity contribution in [2.75, 3.05) is 10.6 Å². The normalized spacial score (nSPS) is 10.2. The molecular formula is C14H13F2N3O. The standard InChI is InChI=1S/C14H13F2N3O/c15-9-4-6-10(7-5-9)18-14(20)19-13-3-1-2-12(16)11(13)8-17/h1-7H,8,17H2,(H2,18,19,20). The van der Waals surface area contributed by atoms with E-state index >= 15 is 0 Å². The molecule has 0 saturated heterocycles. The van der Waals surface area contributed by atoms with Crippen molar-refractivity contribution in [3.63, 3.8) is 0 Å². The SMILES string of the molecule is NCc1c(F)cccc1NC(=O)Nc1ccc(F)cc1. The maximum Gasteiger partial charge on any atom is 0.323 e. The zero-order chi connectivity index (χ0) is 14.5. The predicted octanol–water partition coefficient (Wildman–Crippen LogP) is 3.07. The molecule has 0 radical (unpaired) electrons. The number of benzene rings is 2. The third-order valence-corrected chi connectivity index (χ3v) is 2.67. The lowest BCUT2D eigenvalue weighted by atomic mass is 10.1. The van der Waals surface area contributed by atoms with E-state index in [0.717, 1.165) is 0 Å². The van der Waals surface area contributed by atoms with Crippen LogP contribution in [-0.4, -0.2) is 6.03 Å². The molecule has 4 N–H and O–H groups in total. The third-order valence-electron chi connectivity index (χ3n) is 2.67. The van der Waals surface area contributed by atoms with Crippen molar-refractivity contribution in [3.8, 4) is 0 Å². The van der Waals surface area contributed by atoms with Crippen molar-refractivity contribution in [2.24, 2.45) is 5.73 Å². The highest BCUT2D eigenvalue weighted by Gasteiger charge is 2.09. The number of halogens is 2. The quantitative estimate of drug-likeness (QED) is 0.807. The van der Waals surface area contributed by atoms with Crippen LogP contribution < -0.4 is 16.4 Å². The number of nitrogens with two attached hydrogens (primary N) is 1. The van der Waals surface area contributed by atoms with Crippen LogP contribution in [0.2, 0.25) is 0 Å². The van der Waals surface area contributed by atoms with Gasteiger partial charge in [-0.1, -0.05) is 6.07 Å². The largest absolute Gasteiger partial charge is 0.326 e. The number of carbonyl (C=O) groups excluding carboxylic acids is 1. The average molecular weight is 277 g/mol. The maximum absolute atomic E-state index is 13.5. The van der Waals surface area contributed by atoms with Gasteiger partial charge in [0, 0.05) is 23.5 Å². The van der Waals surface area contributed by atoms with E-state index in [1.165, 1.54) is 36.4 Å². The summed E-state index contributed by atoms with van der Waals surface area (Å²) in [4.78, 5) is 11.8. The number of hydrogen-bond donors (Lipinski definition) is 3. The van der Waals surface area contributed by atoms with Crippen LogP contribution in [0.3, 0.4) is 0 Å². The first kappa shape index (κ1) is 14.0. The first-order valence-corrected chi connectivity index (χ1v) is 5.91. The van der Waals surface area contributed by atoms with Crippen molar-refractivity contribution in [1.29, 1.82) is 0 Å². The summed E-state index contributed by atoms with van der Waals surface area (Å²) in [6.07, 6.45) is 0. The zero-order valence-electron chi connectivity index (χ0n) is 10.5. The molecule has 0 aliphatic carbocycles. The van der Waals surface area contributed by atoms with E-state index in [2.05, 4.69) is 10.6 Å². The van der Waals surface area contributed by atoms with Gasteiger partial charge in [0.25, 0.3) is 0 Å². The highest BCUT2D eigenvalue weighted by molar-refractivity contribution is 6.00. The fraction of sp³-hybridized carbons (Fsp3) is 0.0714. The number of rotatable bonds is 3. The smallest absolute Gasteiger partial charge is 0.323 e. The van der Waals surface area contributed by atoms with E-state index in [1.54, 1.807) is 6.07 Å². The van der Waals surface area contributed by atoms with Gasteiger partial charge in [-0.25, -0.2) is 13.6 Å². The number of nitrogens with one attached hydrogen (secondary N) is 2. The average Bonchev–Trinajstić information content (AvgIpc) is 2.42. The number of urea groups is 1.